The van der Waals surface area contributed by atoms with Gasteiger partial charge in [0.2, 0.25) is 0 Å². The molecule has 0 spiro atoms. The molecule has 0 atom stereocenters. The molecule has 3 aromatic rings. The molecule has 6 nitrogen and oxygen atoms in total. The Kier molecular flexibility index (Phi) is 4.82. The van der Waals surface area contributed by atoms with Gasteiger partial charge in [-0.2, -0.15) is 5.10 Å². The van der Waals surface area contributed by atoms with Crippen LogP contribution in [0, 0.1) is 12.7 Å². The molecule has 0 fully saturated rings. The van der Waals surface area contributed by atoms with Crippen LogP contribution in [0.1, 0.15) is 16.1 Å². The highest BCUT2D eigenvalue weighted by atomic mass is 32.1. The number of aryl methyl sites for hydroxylation is 2. The van der Waals surface area contributed by atoms with Crippen molar-refractivity contribution in [1.82, 2.24) is 19.7 Å². The first kappa shape index (κ1) is 17.5. The highest BCUT2D eigenvalue weighted by Crippen LogP contribution is 2.30. The van der Waals surface area contributed by atoms with Gasteiger partial charge in [-0.15, -0.1) is 0 Å². The number of anilines is 1. The lowest BCUT2D eigenvalue weighted by atomic mass is 10.2. The topological polar surface area (TPSA) is 54.3 Å². The van der Waals surface area contributed by atoms with Crippen molar-refractivity contribution in [3.05, 3.63) is 41.5 Å². The van der Waals surface area contributed by atoms with Gasteiger partial charge in [0, 0.05) is 20.1 Å². The molecule has 0 bridgehead atoms. The van der Waals surface area contributed by atoms with Gasteiger partial charge in [-0.1, -0.05) is 11.3 Å². The number of aromatic nitrogens is 3. The molecule has 0 N–H and O–H groups in total. The van der Waals surface area contributed by atoms with E-state index in [1.165, 1.54) is 23.5 Å². The molecular weight excluding hydrogens is 341 g/mol. The number of likely N-dealkylation sites (N-methyl/N-ethyl adjacent to an activating group) is 1. The van der Waals surface area contributed by atoms with Crippen molar-refractivity contribution in [2.45, 2.75) is 6.92 Å². The lowest BCUT2D eigenvalue weighted by molar-refractivity contribution is 0.0975. The van der Waals surface area contributed by atoms with Crippen LogP contribution in [0.25, 0.3) is 10.2 Å². The highest BCUT2D eigenvalue weighted by Gasteiger charge is 2.25. The molecule has 132 valence electrons. The molecule has 25 heavy (non-hydrogen) atoms. The summed E-state index contributed by atoms with van der Waals surface area (Å²) in [7, 11) is 5.65. The van der Waals surface area contributed by atoms with E-state index in [2.05, 4.69) is 10.1 Å². The van der Waals surface area contributed by atoms with E-state index in [4.69, 9.17) is 0 Å². The number of rotatable bonds is 5. The molecule has 0 aliphatic rings. The Balaban J connectivity index is 2.02. The van der Waals surface area contributed by atoms with Crippen LogP contribution in [0.2, 0.25) is 0 Å². The first-order valence-corrected chi connectivity index (χ1v) is 8.69. The Labute approximate surface area is 149 Å². The third kappa shape index (κ3) is 3.54. The van der Waals surface area contributed by atoms with Gasteiger partial charge < -0.3 is 4.90 Å². The first-order valence-electron chi connectivity index (χ1n) is 7.88. The van der Waals surface area contributed by atoms with E-state index in [0.29, 0.717) is 29.4 Å². The predicted octanol–water partition coefficient (Wildman–Crippen LogP) is 2.69. The Morgan fingerprint density at radius 1 is 1.32 bits per heavy atom. The maximum Gasteiger partial charge on any atom is 0.278 e. The molecule has 0 aliphatic heterocycles. The van der Waals surface area contributed by atoms with Crippen LogP contribution in [0.4, 0.5) is 9.52 Å². The molecule has 0 saturated carbocycles. The fraction of sp³-hybridized carbons (Fsp3) is 0.353. The van der Waals surface area contributed by atoms with Gasteiger partial charge >= 0.3 is 0 Å². The number of hydrogen-bond acceptors (Lipinski definition) is 5. The Hall–Kier alpha value is -2.32. The van der Waals surface area contributed by atoms with Crippen LogP contribution in [-0.4, -0.2) is 52.8 Å². The third-order valence-corrected chi connectivity index (χ3v) is 4.95. The van der Waals surface area contributed by atoms with Gasteiger partial charge in [-0.05, 0) is 44.8 Å². The monoisotopic (exact) mass is 361 g/mol. The number of benzene rings is 1. The molecule has 2 heterocycles. The second kappa shape index (κ2) is 6.89. The maximum atomic E-state index is 13.5. The van der Waals surface area contributed by atoms with E-state index in [0.717, 1.165) is 10.3 Å². The van der Waals surface area contributed by atoms with Crippen molar-refractivity contribution in [1.29, 1.82) is 0 Å². The maximum absolute atomic E-state index is 13.5. The molecule has 1 amide bonds. The summed E-state index contributed by atoms with van der Waals surface area (Å²) in [5.74, 6) is -0.463. The third-order valence-electron chi connectivity index (χ3n) is 3.91. The predicted molar refractivity (Wildman–Crippen MR) is 97.8 cm³/mol. The largest absolute Gasteiger partial charge is 0.308 e. The molecule has 1 aromatic carbocycles. The number of carbonyl (C=O) groups is 1. The zero-order valence-electron chi connectivity index (χ0n) is 14.7. The van der Waals surface area contributed by atoms with Crippen molar-refractivity contribution in [3.63, 3.8) is 0 Å². The molecule has 8 heteroatoms. The van der Waals surface area contributed by atoms with Crippen molar-refractivity contribution in [2.75, 3.05) is 32.1 Å². The van der Waals surface area contributed by atoms with Gasteiger partial charge in [-0.3, -0.25) is 14.4 Å². The fourth-order valence-corrected chi connectivity index (χ4v) is 3.58. The molecular formula is C17H20FN5OS. The average Bonchev–Trinajstić information content (AvgIpc) is 3.09. The van der Waals surface area contributed by atoms with E-state index < -0.39 is 0 Å². The minimum atomic E-state index is -0.309. The zero-order chi connectivity index (χ0) is 18.1. The standard InChI is InChI=1S/C17H20FN5OS/c1-11-10-19-22(4)15(11)16(24)23(8-7-21(2)3)17-20-13-6-5-12(18)9-14(13)25-17/h5-6,9-10H,7-8H2,1-4H3. The van der Waals surface area contributed by atoms with Crippen molar-refractivity contribution < 1.29 is 9.18 Å². The van der Waals surface area contributed by atoms with Gasteiger partial charge in [0.05, 0.1) is 16.4 Å². The SMILES string of the molecule is Cc1cnn(C)c1C(=O)N(CCN(C)C)c1nc2ccc(F)cc2s1. The van der Waals surface area contributed by atoms with Crippen molar-refractivity contribution >= 4 is 32.6 Å². The molecule has 0 saturated heterocycles. The van der Waals surface area contributed by atoms with E-state index in [1.807, 2.05) is 25.9 Å². The smallest absolute Gasteiger partial charge is 0.278 e. The van der Waals surface area contributed by atoms with Crippen LogP contribution in [-0.2, 0) is 7.05 Å². The van der Waals surface area contributed by atoms with Gasteiger partial charge in [0.15, 0.2) is 5.13 Å². The molecule has 0 unspecified atom stereocenters. The Bertz CT molecular complexity index is 898. The second-order valence-electron chi connectivity index (χ2n) is 6.17. The van der Waals surface area contributed by atoms with Crippen LogP contribution in [0.3, 0.4) is 0 Å². The lowest BCUT2D eigenvalue weighted by Crippen LogP contribution is -2.38. The molecule has 0 radical (unpaired) electrons. The van der Waals surface area contributed by atoms with Crippen molar-refractivity contribution in [2.24, 2.45) is 7.05 Å². The lowest BCUT2D eigenvalue weighted by Gasteiger charge is -2.22. The van der Waals surface area contributed by atoms with Gasteiger partial charge in [0.1, 0.15) is 11.5 Å². The number of fused-ring (bicyclic) bond motifs is 1. The van der Waals surface area contributed by atoms with E-state index in [1.54, 1.807) is 28.9 Å². The van der Waals surface area contributed by atoms with Gasteiger partial charge in [-0.25, -0.2) is 9.37 Å². The van der Waals surface area contributed by atoms with E-state index in [-0.39, 0.29) is 11.7 Å². The summed E-state index contributed by atoms with van der Waals surface area (Å²) in [6.07, 6.45) is 1.67. The summed E-state index contributed by atoms with van der Waals surface area (Å²) in [6.45, 7) is 3.03. The number of amides is 1. The van der Waals surface area contributed by atoms with E-state index in [9.17, 15) is 9.18 Å². The molecule has 0 aliphatic carbocycles. The van der Waals surface area contributed by atoms with Crippen LogP contribution < -0.4 is 4.90 Å². The molecule has 3 rings (SSSR count). The minimum Gasteiger partial charge on any atom is -0.308 e. The summed E-state index contributed by atoms with van der Waals surface area (Å²) in [5, 5.41) is 4.72. The first-order chi connectivity index (χ1) is 11.9. The summed E-state index contributed by atoms with van der Waals surface area (Å²) in [6, 6.07) is 4.46. The number of nitrogens with zero attached hydrogens (tertiary/aromatic N) is 5. The summed E-state index contributed by atoms with van der Waals surface area (Å²) < 4.78 is 15.8. The highest BCUT2D eigenvalue weighted by molar-refractivity contribution is 7.22. The summed E-state index contributed by atoms with van der Waals surface area (Å²) in [5.41, 5.74) is 2.03. The summed E-state index contributed by atoms with van der Waals surface area (Å²) >= 11 is 1.31. The minimum absolute atomic E-state index is 0.154. The average molecular weight is 361 g/mol. The normalized spacial score (nSPS) is 11.4. The molecule has 2 aromatic heterocycles. The van der Waals surface area contributed by atoms with Crippen LogP contribution in [0.5, 0.6) is 0 Å². The van der Waals surface area contributed by atoms with E-state index >= 15 is 0 Å². The number of carbonyl (C=O) groups excluding carboxylic acids is 1. The number of hydrogen-bond donors (Lipinski definition) is 0. The number of thiazole rings is 1. The Morgan fingerprint density at radius 2 is 2.08 bits per heavy atom. The number of halogens is 1. The quantitative estimate of drug-likeness (QED) is 0.701. The summed E-state index contributed by atoms with van der Waals surface area (Å²) in [4.78, 5) is 21.3. The van der Waals surface area contributed by atoms with Gasteiger partial charge in [0.25, 0.3) is 5.91 Å². The fourth-order valence-electron chi connectivity index (χ4n) is 2.57. The Morgan fingerprint density at radius 3 is 2.72 bits per heavy atom. The van der Waals surface area contributed by atoms with Crippen molar-refractivity contribution in [3.8, 4) is 0 Å². The second-order valence-corrected chi connectivity index (χ2v) is 7.18. The zero-order valence-corrected chi connectivity index (χ0v) is 15.5. The van der Waals surface area contributed by atoms with Crippen LogP contribution >= 0.6 is 11.3 Å². The van der Waals surface area contributed by atoms with Crippen LogP contribution in [0.15, 0.2) is 24.4 Å².